The molecule has 2 aliphatic carbocycles. The molecule has 11 nitrogen and oxygen atoms in total. The van der Waals surface area contributed by atoms with Crippen molar-refractivity contribution in [2.75, 3.05) is 12.4 Å². The lowest BCUT2D eigenvalue weighted by Gasteiger charge is -2.44. The van der Waals surface area contributed by atoms with Gasteiger partial charge in [0.15, 0.2) is 0 Å². The molecule has 2 aliphatic rings. The summed E-state index contributed by atoms with van der Waals surface area (Å²) in [7, 11) is 1.30. The van der Waals surface area contributed by atoms with Crippen LogP contribution in [0.25, 0.3) is 0 Å². The Morgan fingerprint density at radius 3 is 2.60 bits per heavy atom. The Morgan fingerprint density at radius 1 is 1.14 bits per heavy atom. The fourth-order valence-corrected chi connectivity index (χ4v) is 7.39. The predicted octanol–water partition coefficient (Wildman–Crippen LogP) is 3.38. The van der Waals surface area contributed by atoms with E-state index in [1.807, 2.05) is 0 Å². The number of fused-ring (bicyclic) bond motifs is 2. The SMILES string of the molecule is CNC(=O)C(=O)CCC(NC(=O)c1cc(Cl)c(Cl)s1)C(=O)Nc1cccn(CC(=O)NC2C(C)CC3CCCC2C3)c1=O. The average Bonchev–Trinajstić information content (AvgIpc) is 3.32. The minimum absolute atomic E-state index is 0.0672. The van der Waals surface area contributed by atoms with Gasteiger partial charge >= 0.3 is 0 Å². The lowest BCUT2D eigenvalue weighted by Crippen LogP contribution is -2.50. The molecule has 2 aromatic rings. The Labute approximate surface area is 263 Å². The molecule has 14 heteroatoms. The monoisotopic (exact) mass is 651 g/mol. The van der Waals surface area contributed by atoms with Crippen LogP contribution in [0.4, 0.5) is 5.69 Å². The topological polar surface area (TPSA) is 155 Å². The van der Waals surface area contributed by atoms with E-state index in [4.69, 9.17) is 23.2 Å². The molecular formula is C29H35Cl2N5O6S. The van der Waals surface area contributed by atoms with Gasteiger partial charge in [-0.15, -0.1) is 11.3 Å². The molecule has 4 N–H and O–H groups in total. The fraction of sp³-hybridized carbons (Fsp3) is 0.517. The molecule has 2 aromatic heterocycles. The summed E-state index contributed by atoms with van der Waals surface area (Å²) >= 11 is 12.8. The number of anilines is 1. The number of carbonyl (C=O) groups is 5. The number of nitrogens with zero attached hydrogens (tertiary/aromatic N) is 1. The number of nitrogens with one attached hydrogen (secondary N) is 4. The molecule has 4 amide bonds. The van der Waals surface area contributed by atoms with E-state index in [1.54, 1.807) is 0 Å². The minimum Gasteiger partial charge on any atom is -0.353 e. The summed E-state index contributed by atoms with van der Waals surface area (Å²) in [5, 5.41) is 10.6. The zero-order valence-corrected chi connectivity index (χ0v) is 26.2. The van der Waals surface area contributed by atoms with Crippen LogP contribution in [-0.2, 0) is 25.7 Å². The molecule has 232 valence electrons. The molecule has 2 heterocycles. The number of likely N-dealkylation sites (N-methyl/N-ethyl adjacent to an activating group) is 1. The van der Waals surface area contributed by atoms with Crippen molar-refractivity contribution in [3.8, 4) is 0 Å². The van der Waals surface area contributed by atoms with Crippen LogP contribution in [0.15, 0.2) is 29.2 Å². The van der Waals surface area contributed by atoms with Crippen molar-refractivity contribution in [3.05, 3.63) is 49.0 Å². The van der Waals surface area contributed by atoms with Crippen molar-refractivity contribution in [3.63, 3.8) is 0 Å². The fourth-order valence-electron chi connectivity index (χ4n) is 6.12. The van der Waals surface area contributed by atoms with Crippen molar-refractivity contribution in [2.24, 2.45) is 17.8 Å². The number of thiophene rings is 1. The van der Waals surface area contributed by atoms with Gasteiger partial charge in [-0.25, -0.2) is 0 Å². The highest BCUT2D eigenvalue weighted by molar-refractivity contribution is 7.18. The zero-order chi connectivity index (χ0) is 31.3. The molecule has 2 saturated carbocycles. The zero-order valence-electron chi connectivity index (χ0n) is 23.9. The third-order valence-corrected chi connectivity index (χ3v) is 10.1. The predicted molar refractivity (Wildman–Crippen MR) is 164 cm³/mol. The van der Waals surface area contributed by atoms with E-state index in [2.05, 4.69) is 28.2 Å². The maximum atomic E-state index is 13.3. The molecule has 43 heavy (non-hydrogen) atoms. The van der Waals surface area contributed by atoms with Crippen LogP contribution in [0.2, 0.25) is 9.36 Å². The lowest BCUT2D eigenvalue weighted by molar-refractivity contribution is -0.137. The van der Waals surface area contributed by atoms with Gasteiger partial charge in [-0.3, -0.25) is 28.8 Å². The second-order valence-corrected chi connectivity index (χ2v) is 13.3. The van der Waals surface area contributed by atoms with Crippen LogP contribution in [0.1, 0.15) is 61.5 Å². The maximum Gasteiger partial charge on any atom is 0.287 e. The minimum atomic E-state index is -1.29. The van der Waals surface area contributed by atoms with E-state index >= 15 is 0 Å². The molecule has 0 radical (unpaired) electrons. The molecule has 0 spiro atoms. The second kappa shape index (κ2) is 14.5. The summed E-state index contributed by atoms with van der Waals surface area (Å²) in [6, 6.07) is 3.03. The number of aromatic nitrogens is 1. The van der Waals surface area contributed by atoms with Crippen molar-refractivity contribution in [1.82, 2.24) is 20.5 Å². The number of hydrogen-bond acceptors (Lipinski definition) is 7. The molecule has 4 rings (SSSR count). The summed E-state index contributed by atoms with van der Waals surface area (Å²) in [6.07, 6.45) is 6.62. The third-order valence-electron chi connectivity index (χ3n) is 8.20. The van der Waals surface area contributed by atoms with Gasteiger partial charge in [0.25, 0.3) is 17.4 Å². The number of amides is 4. The summed E-state index contributed by atoms with van der Waals surface area (Å²) in [4.78, 5) is 76.3. The Morgan fingerprint density at radius 2 is 1.91 bits per heavy atom. The van der Waals surface area contributed by atoms with Crippen LogP contribution in [-0.4, -0.2) is 53.1 Å². The van der Waals surface area contributed by atoms with Gasteiger partial charge < -0.3 is 25.8 Å². The molecule has 0 aliphatic heterocycles. The molecule has 2 bridgehead atoms. The van der Waals surface area contributed by atoms with Crippen LogP contribution in [0.5, 0.6) is 0 Å². The van der Waals surface area contributed by atoms with Crippen molar-refractivity contribution >= 4 is 69.6 Å². The number of rotatable bonds is 11. The Balaban J connectivity index is 1.44. The highest BCUT2D eigenvalue weighted by atomic mass is 35.5. The third kappa shape index (κ3) is 8.24. The van der Waals surface area contributed by atoms with Crippen LogP contribution in [0.3, 0.4) is 0 Å². The Kier molecular flexibility index (Phi) is 11.0. The molecule has 5 atom stereocenters. The van der Waals surface area contributed by atoms with Gasteiger partial charge in [0, 0.05) is 25.7 Å². The number of halogens is 2. The van der Waals surface area contributed by atoms with Gasteiger partial charge in [0.2, 0.25) is 17.6 Å². The first kappa shape index (κ1) is 32.7. The quantitative estimate of drug-likeness (QED) is 0.273. The highest BCUT2D eigenvalue weighted by Crippen LogP contribution is 2.42. The lowest BCUT2D eigenvalue weighted by atomic mass is 9.65. The molecule has 2 fully saturated rings. The van der Waals surface area contributed by atoms with E-state index in [1.165, 1.54) is 48.9 Å². The van der Waals surface area contributed by atoms with Crippen LogP contribution >= 0.6 is 34.5 Å². The van der Waals surface area contributed by atoms with E-state index in [9.17, 15) is 28.8 Å². The van der Waals surface area contributed by atoms with Gasteiger partial charge in [-0.1, -0.05) is 43.0 Å². The molecular weight excluding hydrogens is 617 g/mol. The molecule has 0 aromatic carbocycles. The van der Waals surface area contributed by atoms with Crippen molar-refractivity contribution in [2.45, 2.75) is 70.5 Å². The van der Waals surface area contributed by atoms with Crippen LogP contribution < -0.4 is 26.8 Å². The number of Topliss-reactive ketones (excluding diaryl/α,β-unsaturated/α-hetero) is 1. The highest BCUT2D eigenvalue weighted by Gasteiger charge is 2.38. The van der Waals surface area contributed by atoms with E-state index < -0.39 is 35.1 Å². The Bertz CT molecular complexity index is 1440. The van der Waals surface area contributed by atoms with Crippen molar-refractivity contribution < 1.29 is 24.0 Å². The first-order valence-corrected chi connectivity index (χ1v) is 15.8. The van der Waals surface area contributed by atoms with E-state index in [-0.39, 0.29) is 51.3 Å². The molecule has 0 saturated heterocycles. The first-order valence-electron chi connectivity index (χ1n) is 14.3. The van der Waals surface area contributed by atoms with Crippen molar-refractivity contribution in [1.29, 1.82) is 0 Å². The van der Waals surface area contributed by atoms with Gasteiger partial charge in [-0.05, 0) is 61.6 Å². The molecule has 5 unspecified atom stereocenters. The van der Waals surface area contributed by atoms with E-state index in [0.717, 1.165) is 36.5 Å². The number of ketones is 1. The number of pyridine rings is 1. The smallest absolute Gasteiger partial charge is 0.287 e. The summed E-state index contributed by atoms with van der Waals surface area (Å²) in [5.41, 5.74) is -0.718. The van der Waals surface area contributed by atoms with E-state index in [0.29, 0.717) is 11.8 Å². The van der Waals surface area contributed by atoms with Crippen LogP contribution in [0, 0.1) is 17.8 Å². The van der Waals surface area contributed by atoms with Gasteiger partial charge in [0.05, 0.1) is 9.90 Å². The first-order chi connectivity index (χ1) is 20.5. The number of hydrogen-bond donors (Lipinski definition) is 4. The Hall–Kier alpha value is -3.22. The normalized spacial score (nSPS) is 21.8. The largest absolute Gasteiger partial charge is 0.353 e. The maximum absolute atomic E-state index is 13.3. The summed E-state index contributed by atoms with van der Waals surface area (Å²) < 4.78 is 1.40. The number of carbonyl (C=O) groups excluding carboxylic acids is 5. The standard InChI is InChI=1S/C29H35Cl2N5O6S/c1-15-11-16-5-3-6-17(12-16)24(15)35-23(38)14-36-10-4-7-20(29(36)42)34-26(39)19(8-9-21(37)27(40)32-2)33-28(41)22-13-18(30)25(31)43-22/h4,7,10,13,15-17,19,24H,3,5-6,8-9,11-12,14H2,1-2H3,(H,32,40)(H,33,41)(H,34,39)(H,35,38). The van der Waals surface area contributed by atoms with Gasteiger partial charge in [-0.2, -0.15) is 0 Å². The average molecular weight is 653 g/mol. The summed E-state index contributed by atoms with van der Waals surface area (Å²) in [5.74, 6) is -1.82. The summed E-state index contributed by atoms with van der Waals surface area (Å²) in [6.45, 7) is 1.94. The second-order valence-electron chi connectivity index (χ2n) is 11.2. The van der Waals surface area contributed by atoms with Gasteiger partial charge in [0.1, 0.15) is 22.6 Å².